The Balaban J connectivity index is 1.89. The molecule has 5 nitrogen and oxygen atoms in total. The van der Waals surface area contributed by atoms with Gasteiger partial charge in [-0.2, -0.15) is 22.0 Å². The van der Waals surface area contributed by atoms with E-state index in [1.807, 2.05) is 0 Å². The molecule has 0 aliphatic carbocycles. The van der Waals surface area contributed by atoms with Crippen molar-refractivity contribution in [2.45, 2.75) is 19.3 Å². The van der Waals surface area contributed by atoms with Gasteiger partial charge in [0.25, 0.3) is 5.91 Å². The Morgan fingerprint density at radius 3 is 2.50 bits per heavy atom. The van der Waals surface area contributed by atoms with E-state index in [0.717, 1.165) is 12.1 Å². The average molecular weight is 405 g/mol. The lowest BCUT2D eigenvalue weighted by molar-refractivity contribution is -0.137. The summed E-state index contributed by atoms with van der Waals surface area (Å²) in [6, 6.07) is 8.29. The van der Waals surface area contributed by atoms with E-state index in [1.165, 1.54) is 37.4 Å². The predicted molar refractivity (Wildman–Crippen MR) is 88.4 cm³/mol. The molecule has 0 heterocycles. The molecule has 0 spiro atoms. The van der Waals surface area contributed by atoms with Gasteiger partial charge in [-0.25, -0.2) is 0 Å². The molecular weight excluding hydrogens is 389 g/mol. The lowest BCUT2D eigenvalue weighted by atomic mass is 10.2. The molecule has 152 valence electrons. The molecule has 10 heteroatoms. The highest BCUT2D eigenvalue weighted by molar-refractivity contribution is 5.77. The summed E-state index contributed by atoms with van der Waals surface area (Å²) >= 11 is 0. The van der Waals surface area contributed by atoms with Crippen molar-refractivity contribution in [1.82, 2.24) is 5.32 Å². The van der Waals surface area contributed by atoms with Crippen molar-refractivity contribution in [3.8, 4) is 17.2 Å². The highest BCUT2D eigenvalue weighted by atomic mass is 19.4. The maximum atomic E-state index is 12.6. The molecule has 2 rings (SSSR count). The monoisotopic (exact) mass is 405 g/mol. The summed E-state index contributed by atoms with van der Waals surface area (Å²) in [5, 5.41) is 2.49. The number of amides is 1. The zero-order chi connectivity index (χ0) is 20.7. The van der Waals surface area contributed by atoms with Gasteiger partial charge in [-0.1, -0.05) is 12.1 Å². The Bertz CT molecular complexity index is 811. The largest absolute Gasteiger partial charge is 0.493 e. The highest BCUT2D eigenvalue weighted by Crippen LogP contribution is 2.31. The molecule has 0 saturated heterocycles. The number of carbonyl (C=O) groups excluding carboxylic acids is 1. The fourth-order valence-corrected chi connectivity index (χ4v) is 2.18. The number of alkyl halides is 5. The van der Waals surface area contributed by atoms with Gasteiger partial charge in [-0.3, -0.25) is 4.79 Å². The van der Waals surface area contributed by atoms with Gasteiger partial charge in [-0.15, -0.1) is 0 Å². The number of benzene rings is 2. The van der Waals surface area contributed by atoms with Gasteiger partial charge in [0, 0.05) is 6.54 Å². The summed E-state index contributed by atoms with van der Waals surface area (Å²) in [6.07, 6.45) is -4.51. The molecule has 0 aliphatic rings. The second-order valence-electron chi connectivity index (χ2n) is 5.45. The third kappa shape index (κ3) is 6.29. The average Bonchev–Trinajstić information content (AvgIpc) is 2.64. The SMILES string of the molecule is COc1cc(CNC(=O)COc2cccc(C(F)(F)F)c2)ccc1OC(F)F. The summed E-state index contributed by atoms with van der Waals surface area (Å²) < 4.78 is 76.8. The molecule has 1 N–H and O–H groups in total. The Kier molecular flexibility index (Phi) is 7.02. The molecule has 2 aromatic carbocycles. The number of halogens is 5. The first-order valence-electron chi connectivity index (χ1n) is 7.87. The fraction of sp³-hybridized carbons (Fsp3) is 0.278. The predicted octanol–water partition coefficient (Wildman–Crippen LogP) is 4.01. The van der Waals surface area contributed by atoms with Crippen molar-refractivity contribution < 1.29 is 41.0 Å². The van der Waals surface area contributed by atoms with Gasteiger partial charge in [-0.05, 0) is 35.9 Å². The van der Waals surface area contributed by atoms with Crippen molar-refractivity contribution in [2.24, 2.45) is 0 Å². The zero-order valence-corrected chi connectivity index (χ0v) is 14.6. The Morgan fingerprint density at radius 2 is 1.86 bits per heavy atom. The summed E-state index contributed by atoms with van der Waals surface area (Å²) in [5.41, 5.74) is -0.352. The molecule has 2 aromatic rings. The number of hydrogen-bond donors (Lipinski definition) is 1. The van der Waals surface area contributed by atoms with Crippen molar-refractivity contribution >= 4 is 5.91 Å². The molecule has 0 bridgehead atoms. The van der Waals surface area contributed by atoms with Crippen LogP contribution in [0.2, 0.25) is 0 Å². The Hall–Kier alpha value is -3.04. The molecule has 0 atom stereocenters. The van der Waals surface area contributed by atoms with E-state index in [-0.39, 0.29) is 23.8 Å². The lowest BCUT2D eigenvalue weighted by Crippen LogP contribution is -2.28. The van der Waals surface area contributed by atoms with Crippen LogP contribution < -0.4 is 19.5 Å². The van der Waals surface area contributed by atoms with Crippen molar-refractivity contribution in [3.63, 3.8) is 0 Å². The van der Waals surface area contributed by atoms with Crippen LogP contribution in [0.4, 0.5) is 22.0 Å². The second kappa shape index (κ2) is 9.25. The van der Waals surface area contributed by atoms with E-state index in [9.17, 15) is 26.7 Å². The van der Waals surface area contributed by atoms with Crippen LogP contribution >= 0.6 is 0 Å². The maximum Gasteiger partial charge on any atom is 0.416 e. The van der Waals surface area contributed by atoms with E-state index in [2.05, 4.69) is 10.1 Å². The molecule has 0 aliphatic heterocycles. The number of carbonyl (C=O) groups is 1. The number of nitrogens with one attached hydrogen (secondary N) is 1. The van der Waals surface area contributed by atoms with Crippen molar-refractivity contribution in [1.29, 1.82) is 0 Å². The van der Waals surface area contributed by atoms with Crippen LogP contribution in [0.1, 0.15) is 11.1 Å². The molecule has 28 heavy (non-hydrogen) atoms. The van der Waals surface area contributed by atoms with E-state index < -0.39 is 30.9 Å². The molecule has 0 unspecified atom stereocenters. The van der Waals surface area contributed by atoms with Gasteiger partial charge in [0.2, 0.25) is 0 Å². The Morgan fingerprint density at radius 1 is 1.11 bits per heavy atom. The zero-order valence-electron chi connectivity index (χ0n) is 14.6. The lowest BCUT2D eigenvalue weighted by Gasteiger charge is -2.12. The highest BCUT2D eigenvalue weighted by Gasteiger charge is 2.30. The summed E-state index contributed by atoms with van der Waals surface area (Å²) in [7, 11) is 1.28. The molecule has 0 radical (unpaired) electrons. The van der Waals surface area contributed by atoms with E-state index in [4.69, 9.17) is 9.47 Å². The molecule has 0 saturated carbocycles. The molecule has 0 fully saturated rings. The summed E-state index contributed by atoms with van der Waals surface area (Å²) in [4.78, 5) is 11.8. The minimum Gasteiger partial charge on any atom is -0.493 e. The first kappa shape index (κ1) is 21.3. The van der Waals surface area contributed by atoms with Gasteiger partial charge >= 0.3 is 12.8 Å². The van der Waals surface area contributed by atoms with Crippen LogP contribution in [0.5, 0.6) is 17.2 Å². The van der Waals surface area contributed by atoms with Crippen LogP contribution in [0.3, 0.4) is 0 Å². The summed E-state index contributed by atoms with van der Waals surface area (Å²) in [6.45, 7) is -3.48. The summed E-state index contributed by atoms with van der Waals surface area (Å²) in [5.74, 6) is -0.767. The van der Waals surface area contributed by atoms with Crippen LogP contribution in [-0.4, -0.2) is 26.2 Å². The first-order valence-corrected chi connectivity index (χ1v) is 7.87. The van der Waals surface area contributed by atoms with E-state index in [1.54, 1.807) is 0 Å². The topological polar surface area (TPSA) is 56.8 Å². The third-order valence-corrected chi connectivity index (χ3v) is 3.47. The molecular formula is C18H16F5NO4. The molecule has 1 amide bonds. The van der Waals surface area contributed by atoms with Crippen molar-refractivity contribution in [3.05, 3.63) is 53.6 Å². The van der Waals surface area contributed by atoms with Gasteiger partial charge < -0.3 is 19.5 Å². The quantitative estimate of drug-likeness (QED) is 0.675. The van der Waals surface area contributed by atoms with Crippen molar-refractivity contribution in [2.75, 3.05) is 13.7 Å². The Labute approximate surface area is 157 Å². The molecule has 0 aromatic heterocycles. The minimum absolute atomic E-state index is 0.0239. The second-order valence-corrected chi connectivity index (χ2v) is 5.45. The van der Waals surface area contributed by atoms with Crippen LogP contribution in [-0.2, 0) is 17.5 Å². The third-order valence-electron chi connectivity index (χ3n) is 3.47. The van der Waals surface area contributed by atoms with Gasteiger partial charge in [0.1, 0.15) is 5.75 Å². The first-order chi connectivity index (χ1) is 13.2. The van der Waals surface area contributed by atoms with E-state index in [0.29, 0.717) is 5.56 Å². The van der Waals surface area contributed by atoms with E-state index >= 15 is 0 Å². The minimum atomic E-state index is -4.51. The number of methoxy groups -OCH3 is 1. The van der Waals surface area contributed by atoms with Gasteiger partial charge in [0.05, 0.1) is 12.7 Å². The standard InChI is InChI=1S/C18H16F5NO4/c1-26-15-7-11(5-6-14(15)28-17(19)20)9-24-16(25)10-27-13-4-2-3-12(8-13)18(21,22)23/h2-8,17H,9-10H2,1H3,(H,24,25). The van der Waals surface area contributed by atoms with Crippen LogP contribution in [0.25, 0.3) is 0 Å². The van der Waals surface area contributed by atoms with Crippen LogP contribution in [0.15, 0.2) is 42.5 Å². The van der Waals surface area contributed by atoms with Crippen LogP contribution in [0, 0.1) is 0 Å². The number of hydrogen-bond acceptors (Lipinski definition) is 4. The number of rotatable bonds is 8. The van der Waals surface area contributed by atoms with Gasteiger partial charge in [0.15, 0.2) is 18.1 Å². The fourth-order valence-electron chi connectivity index (χ4n) is 2.18. The number of ether oxygens (including phenoxy) is 3. The normalized spacial score (nSPS) is 11.2. The smallest absolute Gasteiger partial charge is 0.416 e. The maximum absolute atomic E-state index is 12.6.